The van der Waals surface area contributed by atoms with Crippen molar-refractivity contribution < 1.29 is 4.74 Å². The molecule has 1 unspecified atom stereocenters. The van der Waals surface area contributed by atoms with Gasteiger partial charge in [0.2, 0.25) is 0 Å². The van der Waals surface area contributed by atoms with Crippen LogP contribution in [0.1, 0.15) is 43.7 Å². The van der Waals surface area contributed by atoms with Gasteiger partial charge in [-0.05, 0) is 79.4 Å². The first-order valence-electron chi connectivity index (χ1n) is 8.24. The molecule has 2 N–H and O–H groups in total. The lowest BCUT2D eigenvalue weighted by molar-refractivity contribution is -0.0471. The Morgan fingerprint density at radius 3 is 2.24 bits per heavy atom. The minimum absolute atomic E-state index is 0.128. The first-order valence-corrected chi connectivity index (χ1v) is 8.62. The molecule has 2 nitrogen and oxygen atoms in total. The van der Waals surface area contributed by atoms with E-state index in [2.05, 4.69) is 6.07 Å². The monoisotopic (exact) mass is 305 g/mol. The van der Waals surface area contributed by atoms with Crippen LogP contribution in [0.2, 0.25) is 5.02 Å². The van der Waals surface area contributed by atoms with Crippen molar-refractivity contribution in [2.24, 2.45) is 35.3 Å². The molecule has 4 aliphatic carbocycles. The number of halogens is 1. The Kier molecular flexibility index (Phi) is 3.42. The van der Waals surface area contributed by atoms with Crippen molar-refractivity contribution in [1.82, 2.24) is 0 Å². The van der Waals surface area contributed by atoms with Crippen LogP contribution in [-0.2, 0) is 0 Å². The maximum absolute atomic E-state index is 6.68. The van der Waals surface area contributed by atoms with Gasteiger partial charge >= 0.3 is 0 Å². The van der Waals surface area contributed by atoms with Crippen molar-refractivity contribution in [2.75, 3.05) is 7.11 Å². The lowest BCUT2D eigenvalue weighted by Gasteiger charge is -2.56. The minimum Gasteiger partial charge on any atom is -0.495 e. The summed E-state index contributed by atoms with van der Waals surface area (Å²) in [6.07, 6.45) is 7.14. The lowest BCUT2D eigenvalue weighted by Crippen LogP contribution is -2.48. The van der Waals surface area contributed by atoms with E-state index >= 15 is 0 Å². The Bertz CT molecular complexity index is 516. The number of nitrogens with two attached hydrogens (primary N) is 1. The van der Waals surface area contributed by atoms with Crippen LogP contribution in [0, 0.1) is 29.6 Å². The van der Waals surface area contributed by atoms with Crippen molar-refractivity contribution >= 4 is 11.6 Å². The predicted molar refractivity (Wildman–Crippen MR) is 85.5 cm³/mol. The maximum atomic E-state index is 6.68. The molecule has 0 amide bonds. The second-order valence-corrected chi connectivity index (χ2v) is 7.84. The first-order chi connectivity index (χ1) is 10.2. The zero-order valence-corrected chi connectivity index (χ0v) is 13.4. The summed E-state index contributed by atoms with van der Waals surface area (Å²) in [5.74, 6) is 5.07. The fourth-order valence-corrected chi connectivity index (χ4v) is 5.93. The van der Waals surface area contributed by atoms with Gasteiger partial charge in [0.1, 0.15) is 5.75 Å². The van der Waals surface area contributed by atoms with Crippen molar-refractivity contribution in [3.63, 3.8) is 0 Å². The van der Waals surface area contributed by atoms with Gasteiger partial charge in [-0.15, -0.1) is 0 Å². The van der Waals surface area contributed by atoms with E-state index < -0.39 is 0 Å². The van der Waals surface area contributed by atoms with Gasteiger partial charge in [0.15, 0.2) is 0 Å². The van der Waals surface area contributed by atoms with E-state index in [-0.39, 0.29) is 6.04 Å². The smallest absolute Gasteiger partial charge is 0.137 e. The second-order valence-electron chi connectivity index (χ2n) is 7.43. The maximum Gasteiger partial charge on any atom is 0.137 e. The summed E-state index contributed by atoms with van der Waals surface area (Å²) in [5.41, 5.74) is 7.86. The number of hydrogen-bond donors (Lipinski definition) is 1. The Morgan fingerprint density at radius 1 is 1.10 bits per heavy atom. The molecule has 4 saturated carbocycles. The highest BCUT2D eigenvalue weighted by atomic mass is 35.5. The van der Waals surface area contributed by atoms with Gasteiger partial charge < -0.3 is 10.5 Å². The topological polar surface area (TPSA) is 35.2 Å². The van der Waals surface area contributed by atoms with Crippen LogP contribution in [0.3, 0.4) is 0 Å². The average molecular weight is 306 g/mol. The van der Waals surface area contributed by atoms with Crippen LogP contribution in [0.4, 0.5) is 0 Å². The molecule has 1 aromatic carbocycles. The average Bonchev–Trinajstić information content (AvgIpc) is 2.45. The van der Waals surface area contributed by atoms with Crippen LogP contribution in [0.5, 0.6) is 5.75 Å². The third-order valence-corrected chi connectivity index (χ3v) is 6.57. The number of benzene rings is 1. The molecule has 1 atom stereocenters. The van der Waals surface area contributed by atoms with E-state index in [1.807, 2.05) is 12.1 Å². The molecule has 4 fully saturated rings. The number of rotatable bonds is 3. The van der Waals surface area contributed by atoms with Crippen molar-refractivity contribution in [3.8, 4) is 5.75 Å². The molecule has 1 aromatic rings. The van der Waals surface area contributed by atoms with E-state index in [1.54, 1.807) is 7.11 Å². The van der Waals surface area contributed by atoms with Crippen LogP contribution < -0.4 is 10.5 Å². The van der Waals surface area contributed by atoms with Crippen molar-refractivity contribution in [2.45, 2.75) is 38.1 Å². The summed E-state index contributed by atoms with van der Waals surface area (Å²) in [4.78, 5) is 0. The normalized spacial score (nSPS) is 38.5. The van der Waals surface area contributed by atoms with E-state index in [1.165, 1.54) is 37.7 Å². The molecular weight excluding hydrogens is 282 g/mol. The Labute approximate surface area is 132 Å². The molecule has 4 bridgehead atoms. The van der Waals surface area contributed by atoms with Crippen molar-refractivity contribution in [1.29, 1.82) is 0 Å². The molecule has 3 heteroatoms. The molecule has 114 valence electrons. The summed E-state index contributed by atoms with van der Waals surface area (Å²) in [6, 6.07) is 6.19. The largest absolute Gasteiger partial charge is 0.495 e. The fourth-order valence-electron chi connectivity index (χ4n) is 5.67. The quantitative estimate of drug-likeness (QED) is 0.897. The zero-order chi connectivity index (χ0) is 14.6. The van der Waals surface area contributed by atoms with Gasteiger partial charge in [0, 0.05) is 6.04 Å². The molecule has 0 aliphatic heterocycles. The van der Waals surface area contributed by atoms with Crippen molar-refractivity contribution in [3.05, 3.63) is 28.8 Å². The van der Waals surface area contributed by atoms with E-state index in [9.17, 15) is 0 Å². The second kappa shape index (κ2) is 5.17. The molecule has 5 rings (SSSR count). The van der Waals surface area contributed by atoms with Gasteiger partial charge in [0.05, 0.1) is 12.1 Å². The van der Waals surface area contributed by atoms with Crippen LogP contribution in [0.25, 0.3) is 0 Å². The SMILES string of the molecule is COc1ccc(C(N)C2C3CC4CC(C3)CC2C4)cc1Cl. The van der Waals surface area contributed by atoms with E-state index in [0.29, 0.717) is 10.9 Å². The van der Waals surface area contributed by atoms with Crippen LogP contribution in [0.15, 0.2) is 18.2 Å². The Hall–Kier alpha value is -0.730. The van der Waals surface area contributed by atoms with Gasteiger partial charge in [-0.3, -0.25) is 0 Å². The highest BCUT2D eigenvalue weighted by Crippen LogP contribution is 2.59. The standard InChI is InChI=1S/C18H24ClNO/c1-21-16-3-2-12(9-15(16)19)18(20)17-13-5-10-4-11(7-13)8-14(17)6-10/h2-3,9-11,13-14,17-18H,4-8,20H2,1H3. The molecule has 21 heavy (non-hydrogen) atoms. The molecule has 0 heterocycles. The van der Waals surface area contributed by atoms with Gasteiger partial charge in [0.25, 0.3) is 0 Å². The summed E-state index contributed by atoms with van der Waals surface area (Å²) < 4.78 is 5.25. The first kappa shape index (κ1) is 13.9. The highest BCUT2D eigenvalue weighted by Gasteiger charge is 2.50. The highest BCUT2D eigenvalue weighted by molar-refractivity contribution is 6.32. The molecule has 0 radical (unpaired) electrons. The molecular formula is C18H24ClNO. The van der Waals surface area contributed by atoms with E-state index in [0.717, 1.165) is 29.4 Å². The van der Waals surface area contributed by atoms with Crippen LogP contribution >= 0.6 is 11.6 Å². The van der Waals surface area contributed by atoms with Gasteiger partial charge in [-0.1, -0.05) is 17.7 Å². The summed E-state index contributed by atoms with van der Waals surface area (Å²) in [5, 5.41) is 0.675. The summed E-state index contributed by atoms with van der Waals surface area (Å²) in [7, 11) is 1.65. The lowest BCUT2D eigenvalue weighted by atomic mass is 9.50. The molecule has 0 saturated heterocycles. The molecule has 0 spiro atoms. The Balaban J connectivity index is 1.60. The summed E-state index contributed by atoms with van der Waals surface area (Å²) in [6.45, 7) is 0. The van der Waals surface area contributed by atoms with Gasteiger partial charge in [-0.25, -0.2) is 0 Å². The third kappa shape index (κ3) is 2.27. The predicted octanol–water partition coefficient (Wildman–Crippen LogP) is 4.42. The third-order valence-electron chi connectivity index (χ3n) is 6.28. The molecule has 0 aromatic heterocycles. The van der Waals surface area contributed by atoms with Crippen LogP contribution in [-0.4, -0.2) is 7.11 Å². The number of methoxy groups -OCH3 is 1. The molecule has 4 aliphatic rings. The fraction of sp³-hybridized carbons (Fsp3) is 0.667. The minimum atomic E-state index is 0.128. The number of hydrogen-bond acceptors (Lipinski definition) is 2. The summed E-state index contributed by atoms with van der Waals surface area (Å²) >= 11 is 6.28. The zero-order valence-electron chi connectivity index (χ0n) is 12.6. The Morgan fingerprint density at radius 2 is 1.71 bits per heavy atom. The van der Waals surface area contributed by atoms with E-state index in [4.69, 9.17) is 22.1 Å². The van der Waals surface area contributed by atoms with Gasteiger partial charge in [-0.2, -0.15) is 0 Å². The number of ether oxygens (including phenoxy) is 1.